The fraction of sp³-hybridized carbons (Fsp3) is 0.174. The maximum atomic E-state index is 13.7. The Morgan fingerprint density at radius 1 is 1.00 bits per heavy atom. The Balaban J connectivity index is 1.58. The minimum atomic E-state index is -4.44. The van der Waals surface area contributed by atoms with Crippen LogP contribution in [0.5, 0.6) is 5.75 Å². The minimum Gasteiger partial charge on any atom is -0.497 e. The number of methoxy groups -OCH3 is 1. The van der Waals surface area contributed by atoms with Gasteiger partial charge < -0.3 is 10.1 Å². The Labute approximate surface area is 197 Å². The van der Waals surface area contributed by atoms with Crippen LogP contribution in [0.25, 0.3) is 11.0 Å². The number of rotatable bonds is 5. The third-order valence-electron chi connectivity index (χ3n) is 5.35. The molecule has 2 amide bonds. The maximum absolute atomic E-state index is 13.7. The van der Waals surface area contributed by atoms with Gasteiger partial charge in [0.25, 0.3) is 0 Å². The van der Waals surface area contributed by atoms with Gasteiger partial charge in [-0.05, 0) is 42.5 Å². The molecule has 2 aromatic heterocycles. The first kappa shape index (κ1) is 22.3. The third-order valence-corrected chi connectivity index (χ3v) is 5.35. The second-order valence-electron chi connectivity index (χ2n) is 7.64. The lowest BCUT2D eigenvalue weighted by atomic mass is 10.1. The molecular weight excluding hydrogens is 463 g/mol. The third kappa shape index (κ3) is 4.50. The summed E-state index contributed by atoms with van der Waals surface area (Å²) in [4.78, 5) is 33.4. The predicted molar refractivity (Wildman–Crippen MR) is 123 cm³/mol. The van der Waals surface area contributed by atoms with Crippen LogP contribution in [-0.2, 0) is 6.54 Å². The lowest BCUT2D eigenvalue weighted by molar-refractivity contribution is -0.115. The minimum absolute atomic E-state index is 0.117. The Kier molecular flexibility index (Phi) is 5.55. The second kappa shape index (κ2) is 8.70. The molecule has 0 spiro atoms. The number of fused-ring (bicyclic) bond motifs is 2. The zero-order chi connectivity index (χ0) is 24.6. The number of hydrogen-bond donors (Lipinski definition) is 1. The van der Waals surface area contributed by atoms with E-state index in [1.807, 2.05) is 0 Å². The number of nitrogens with one attached hydrogen (secondary N) is 1. The number of halogens is 3. The molecule has 0 radical (unpaired) electrons. The number of carbonyl (C=O) groups excluding carboxylic acids is 1. The van der Waals surface area contributed by atoms with Crippen molar-refractivity contribution in [2.75, 3.05) is 28.8 Å². The van der Waals surface area contributed by atoms with E-state index in [0.29, 0.717) is 33.7 Å². The maximum Gasteiger partial charge on any atom is 0.405 e. The number of alkyl halides is 3. The summed E-state index contributed by atoms with van der Waals surface area (Å²) in [6.45, 7) is -1.18. The van der Waals surface area contributed by atoms with Crippen molar-refractivity contribution in [1.29, 1.82) is 0 Å². The SMILES string of the molecule is COc1ccc(N2C(=O)N(c3ccc4nccnc4c3)Cc3cnc(NCC(F)(F)F)nc32)cc1. The van der Waals surface area contributed by atoms with Gasteiger partial charge in [-0.1, -0.05) is 0 Å². The molecule has 178 valence electrons. The molecule has 0 bridgehead atoms. The molecule has 1 aliphatic heterocycles. The Hall–Kier alpha value is -4.48. The van der Waals surface area contributed by atoms with Crippen molar-refractivity contribution in [2.45, 2.75) is 12.7 Å². The standard InChI is InChI=1S/C23H18F3N7O2/c1-35-17-5-2-15(3-6-17)33-20-14(11-29-21(31-20)30-13-23(24,25)26)12-32(22(33)34)16-4-7-18-19(10-16)28-9-8-27-18/h2-11H,12-13H2,1H3,(H,29,30,31). The van der Waals surface area contributed by atoms with Crippen LogP contribution in [-0.4, -0.2) is 45.8 Å². The molecule has 0 saturated heterocycles. The van der Waals surface area contributed by atoms with Crippen molar-refractivity contribution in [3.8, 4) is 5.75 Å². The van der Waals surface area contributed by atoms with E-state index in [2.05, 4.69) is 25.3 Å². The largest absolute Gasteiger partial charge is 0.497 e. The lowest BCUT2D eigenvalue weighted by Crippen LogP contribution is -2.45. The summed E-state index contributed by atoms with van der Waals surface area (Å²) >= 11 is 0. The number of ether oxygens (including phenoxy) is 1. The van der Waals surface area contributed by atoms with Crippen LogP contribution in [0.1, 0.15) is 5.56 Å². The van der Waals surface area contributed by atoms with E-state index in [4.69, 9.17) is 4.74 Å². The summed E-state index contributed by atoms with van der Waals surface area (Å²) in [7, 11) is 1.52. The molecule has 0 saturated carbocycles. The number of benzene rings is 2. The van der Waals surface area contributed by atoms with E-state index in [9.17, 15) is 18.0 Å². The van der Waals surface area contributed by atoms with Crippen LogP contribution in [0.4, 0.5) is 41.1 Å². The van der Waals surface area contributed by atoms with Gasteiger partial charge in [0, 0.05) is 29.8 Å². The zero-order valence-corrected chi connectivity index (χ0v) is 18.3. The average molecular weight is 481 g/mol. The molecule has 1 aliphatic rings. The summed E-state index contributed by atoms with van der Waals surface area (Å²) in [5, 5.41) is 2.17. The zero-order valence-electron chi connectivity index (χ0n) is 18.3. The molecule has 0 aliphatic carbocycles. The van der Waals surface area contributed by atoms with Gasteiger partial charge in [-0.2, -0.15) is 18.2 Å². The van der Waals surface area contributed by atoms with E-state index >= 15 is 0 Å². The molecule has 12 heteroatoms. The van der Waals surface area contributed by atoms with Crippen LogP contribution >= 0.6 is 0 Å². The number of carbonyl (C=O) groups is 1. The highest BCUT2D eigenvalue weighted by molar-refractivity contribution is 6.10. The van der Waals surface area contributed by atoms with E-state index < -0.39 is 18.8 Å². The van der Waals surface area contributed by atoms with Crippen LogP contribution in [0.15, 0.2) is 61.1 Å². The van der Waals surface area contributed by atoms with Crippen molar-refractivity contribution in [1.82, 2.24) is 19.9 Å². The van der Waals surface area contributed by atoms with Crippen molar-refractivity contribution in [3.63, 3.8) is 0 Å². The second-order valence-corrected chi connectivity index (χ2v) is 7.64. The number of amides is 2. The predicted octanol–water partition coefficient (Wildman–Crippen LogP) is 4.68. The number of nitrogens with zero attached hydrogens (tertiary/aromatic N) is 6. The molecule has 2 aromatic carbocycles. The van der Waals surface area contributed by atoms with Gasteiger partial charge >= 0.3 is 12.2 Å². The summed E-state index contributed by atoms with van der Waals surface area (Å²) in [5.41, 5.74) is 2.88. The summed E-state index contributed by atoms with van der Waals surface area (Å²) < 4.78 is 43.3. The Morgan fingerprint density at radius 2 is 1.71 bits per heavy atom. The molecule has 9 nitrogen and oxygen atoms in total. The quantitative estimate of drug-likeness (QED) is 0.442. The van der Waals surface area contributed by atoms with Crippen LogP contribution in [0.2, 0.25) is 0 Å². The fourth-order valence-electron chi connectivity index (χ4n) is 3.70. The highest BCUT2D eigenvalue weighted by Crippen LogP contribution is 2.37. The van der Waals surface area contributed by atoms with Crippen molar-refractivity contribution < 1.29 is 22.7 Å². The van der Waals surface area contributed by atoms with Crippen molar-refractivity contribution in [3.05, 3.63) is 66.6 Å². The van der Waals surface area contributed by atoms with E-state index in [1.165, 1.54) is 23.1 Å². The van der Waals surface area contributed by atoms with Gasteiger partial charge in [0.1, 0.15) is 12.3 Å². The van der Waals surface area contributed by atoms with Gasteiger partial charge in [0.2, 0.25) is 5.95 Å². The lowest BCUT2D eigenvalue weighted by Gasteiger charge is -2.36. The van der Waals surface area contributed by atoms with Crippen LogP contribution < -0.4 is 19.9 Å². The molecule has 35 heavy (non-hydrogen) atoms. The molecule has 3 heterocycles. The van der Waals surface area contributed by atoms with Gasteiger partial charge in [-0.25, -0.2) is 14.7 Å². The molecule has 5 rings (SSSR count). The van der Waals surface area contributed by atoms with E-state index in [1.54, 1.807) is 54.9 Å². The molecular formula is C23H18F3N7O2. The van der Waals surface area contributed by atoms with Gasteiger partial charge in [-0.15, -0.1) is 0 Å². The highest BCUT2D eigenvalue weighted by atomic mass is 19.4. The number of urea groups is 1. The summed E-state index contributed by atoms with van der Waals surface area (Å²) in [6, 6.07) is 11.5. The number of aromatic nitrogens is 4. The first-order chi connectivity index (χ1) is 16.8. The van der Waals surface area contributed by atoms with Crippen molar-refractivity contribution >= 4 is 40.2 Å². The van der Waals surface area contributed by atoms with E-state index in [-0.39, 0.29) is 18.3 Å². The van der Waals surface area contributed by atoms with Gasteiger partial charge in [0.15, 0.2) is 5.82 Å². The number of hydrogen-bond acceptors (Lipinski definition) is 7. The monoisotopic (exact) mass is 481 g/mol. The summed E-state index contributed by atoms with van der Waals surface area (Å²) in [5.74, 6) is 0.539. The molecule has 0 atom stereocenters. The summed E-state index contributed by atoms with van der Waals surface area (Å²) in [6.07, 6.45) is 0.113. The highest BCUT2D eigenvalue weighted by Gasteiger charge is 2.35. The van der Waals surface area contributed by atoms with Crippen molar-refractivity contribution in [2.24, 2.45) is 0 Å². The fourth-order valence-corrected chi connectivity index (χ4v) is 3.70. The first-order valence-electron chi connectivity index (χ1n) is 10.5. The molecule has 1 N–H and O–H groups in total. The first-order valence-corrected chi connectivity index (χ1v) is 10.5. The Bertz CT molecular complexity index is 1400. The molecule has 0 unspecified atom stereocenters. The normalized spacial score (nSPS) is 13.7. The molecule has 4 aromatic rings. The number of anilines is 4. The van der Waals surface area contributed by atoms with Gasteiger partial charge in [-0.3, -0.25) is 14.9 Å². The van der Waals surface area contributed by atoms with Gasteiger partial charge in [0.05, 0.1) is 30.4 Å². The Morgan fingerprint density at radius 3 is 2.43 bits per heavy atom. The molecule has 0 fully saturated rings. The van der Waals surface area contributed by atoms with Crippen LogP contribution in [0, 0.1) is 0 Å². The topological polar surface area (TPSA) is 96.4 Å². The van der Waals surface area contributed by atoms with E-state index in [0.717, 1.165) is 0 Å². The van der Waals surface area contributed by atoms with Crippen LogP contribution in [0.3, 0.4) is 0 Å². The average Bonchev–Trinajstić information content (AvgIpc) is 2.86. The smallest absolute Gasteiger partial charge is 0.405 e.